The van der Waals surface area contributed by atoms with E-state index in [9.17, 15) is 4.79 Å². The summed E-state index contributed by atoms with van der Waals surface area (Å²) in [5.74, 6) is 1.58. The largest absolute Gasteiger partial charge is 0.483 e. The van der Waals surface area contributed by atoms with Crippen molar-refractivity contribution in [3.63, 3.8) is 0 Å². The van der Waals surface area contributed by atoms with E-state index in [4.69, 9.17) is 4.74 Å². The molecule has 0 bridgehead atoms. The van der Waals surface area contributed by atoms with Crippen molar-refractivity contribution in [2.24, 2.45) is 5.92 Å². The lowest BCUT2D eigenvalue weighted by atomic mass is 10.1. The van der Waals surface area contributed by atoms with Gasteiger partial charge in [0.05, 0.1) is 0 Å². The van der Waals surface area contributed by atoms with Gasteiger partial charge in [-0.15, -0.1) is 0 Å². The summed E-state index contributed by atoms with van der Waals surface area (Å²) in [4.78, 5) is 13.9. The van der Waals surface area contributed by atoms with Crippen molar-refractivity contribution in [1.82, 2.24) is 4.90 Å². The van der Waals surface area contributed by atoms with Crippen LogP contribution < -0.4 is 4.74 Å². The van der Waals surface area contributed by atoms with Gasteiger partial charge in [-0.1, -0.05) is 18.2 Å². The van der Waals surface area contributed by atoms with E-state index in [-0.39, 0.29) is 12.5 Å². The first kappa shape index (κ1) is 13.9. The molecule has 1 unspecified atom stereocenters. The van der Waals surface area contributed by atoms with Crippen molar-refractivity contribution in [2.45, 2.75) is 39.7 Å². The molecule has 0 N–H and O–H groups in total. The van der Waals surface area contributed by atoms with Gasteiger partial charge in [0, 0.05) is 13.1 Å². The second-order valence-electron chi connectivity index (χ2n) is 5.59. The molecule has 19 heavy (non-hydrogen) atoms. The van der Waals surface area contributed by atoms with Crippen LogP contribution in [0.25, 0.3) is 0 Å². The molecular weight excluding hydrogens is 238 g/mol. The van der Waals surface area contributed by atoms with Crippen molar-refractivity contribution in [3.8, 4) is 5.75 Å². The first-order valence-electron chi connectivity index (χ1n) is 6.95. The maximum Gasteiger partial charge on any atom is 0.260 e. The van der Waals surface area contributed by atoms with Gasteiger partial charge in [-0.2, -0.15) is 0 Å². The van der Waals surface area contributed by atoms with Gasteiger partial charge in [0.25, 0.3) is 5.91 Å². The average Bonchev–Trinajstić information content (AvgIpc) is 3.20. The fourth-order valence-corrected chi connectivity index (χ4v) is 2.38. The molecule has 1 aromatic carbocycles. The molecule has 1 saturated carbocycles. The van der Waals surface area contributed by atoms with E-state index < -0.39 is 0 Å². The topological polar surface area (TPSA) is 29.5 Å². The van der Waals surface area contributed by atoms with Crippen molar-refractivity contribution < 1.29 is 9.53 Å². The molecule has 1 fully saturated rings. The number of ether oxygens (including phenoxy) is 1. The minimum atomic E-state index is 0.0575. The van der Waals surface area contributed by atoms with E-state index in [0.29, 0.717) is 12.0 Å². The molecule has 3 nitrogen and oxygen atoms in total. The van der Waals surface area contributed by atoms with E-state index in [0.717, 1.165) is 16.9 Å². The molecule has 0 radical (unpaired) electrons. The van der Waals surface area contributed by atoms with Gasteiger partial charge in [0.1, 0.15) is 5.75 Å². The van der Waals surface area contributed by atoms with E-state index >= 15 is 0 Å². The molecule has 1 aliphatic carbocycles. The summed E-state index contributed by atoms with van der Waals surface area (Å²) in [5, 5.41) is 0. The Morgan fingerprint density at radius 2 is 1.95 bits per heavy atom. The van der Waals surface area contributed by atoms with E-state index in [2.05, 4.69) is 6.92 Å². The van der Waals surface area contributed by atoms with Crippen LogP contribution in [0.3, 0.4) is 0 Å². The lowest BCUT2D eigenvalue weighted by Gasteiger charge is -2.25. The van der Waals surface area contributed by atoms with Gasteiger partial charge < -0.3 is 9.64 Å². The predicted molar refractivity (Wildman–Crippen MR) is 76.4 cm³/mol. The van der Waals surface area contributed by atoms with E-state index in [1.807, 2.05) is 44.0 Å². The van der Waals surface area contributed by atoms with Crippen molar-refractivity contribution in [2.75, 3.05) is 13.7 Å². The third-order valence-corrected chi connectivity index (χ3v) is 4.06. The maximum absolute atomic E-state index is 12.1. The highest BCUT2D eigenvalue weighted by Gasteiger charge is 2.32. The molecule has 0 aromatic heterocycles. The number of amides is 1. The Labute approximate surface area is 115 Å². The summed E-state index contributed by atoms with van der Waals surface area (Å²) in [6.07, 6.45) is 2.49. The predicted octanol–water partition coefficient (Wildman–Crippen LogP) is 2.94. The Morgan fingerprint density at radius 3 is 2.47 bits per heavy atom. The van der Waals surface area contributed by atoms with Gasteiger partial charge in [-0.3, -0.25) is 4.79 Å². The second kappa shape index (κ2) is 5.64. The van der Waals surface area contributed by atoms with Crippen LogP contribution in [0.2, 0.25) is 0 Å². The summed E-state index contributed by atoms with van der Waals surface area (Å²) in [6.45, 7) is 6.25. The third kappa shape index (κ3) is 3.28. The van der Waals surface area contributed by atoms with Crippen molar-refractivity contribution >= 4 is 5.91 Å². The summed E-state index contributed by atoms with van der Waals surface area (Å²) < 4.78 is 5.71. The first-order chi connectivity index (χ1) is 9.00. The summed E-state index contributed by atoms with van der Waals surface area (Å²) >= 11 is 0. The Hall–Kier alpha value is -1.51. The summed E-state index contributed by atoms with van der Waals surface area (Å²) in [7, 11) is 1.87. The van der Waals surface area contributed by atoms with Gasteiger partial charge in [-0.05, 0) is 50.7 Å². The highest BCUT2D eigenvalue weighted by atomic mass is 16.5. The van der Waals surface area contributed by atoms with Crippen LogP contribution in [0.4, 0.5) is 0 Å². The molecule has 0 saturated heterocycles. The lowest BCUT2D eigenvalue weighted by molar-refractivity contribution is -0.134. The Morgan fingerprint density at radius 1 is 1.37 bits per heavy atom. The van der Waals surface area contributed by atoms with E-state index in [1.54, 1.807) is 0 Å². The quantitative estimate of drug-likeness (QED) is 0.815. The Balaban J connectivity index is 1.92. The molecule has 0 heterocycles. The molecule has 1 aliphatic rings. The SMILES string of the molecule is Cc1cccc(C)c1OCC(=O)N(C)C(C)C1CC1. The van der Waals surface area contributed by atoms with Crippen LogP contribution in [0.15, 0.2) is 18.2 Å². The van der Waals surface area contributed by atoms with Gasteiger partial charge in [0.2, 0.25) is 0 Å². The average molecular weight is 261 g/mol. The number of nitrogens with zero attached hydrogens (tertiary/aromatic N) is 1. The van der Waals surface area contributed by atoms with Gasteiger partial charge in [-0.25, -0.2) is 0 Å². The fraction of sp³-hybridized carbons (Fsp3) is 0.562. The second-order valence-corrected chi connectivity index (χ2v) is 5.59. The monoisotopic (exact) mass is 261 g/mol. The Bertz CT molecular complexity index is 446. The molecule has 1 atom stereocenters. The fourth-order valence-electron chi connectivity index (χ4n) is 2.38. The molecule has 3 heteroatoms. The Kier molecular flexibility index (Phi) is 4.13. The molecule has 104 valence electrons. The van der Waals surface area contributed by atoms with E-state index in [1.165, 1.54) is 12.8 Å². The normalized spacial score (nSPS) is 16.0. The van der Waals surface area contributed by atoms with Crippen LogP contribution in [-0.4, -0.2) is 30.5 Å². The minimum absolute atomic E-state index is 0.0575. The molecule has 0 spiro atoms. The molecular formula is C16H23NO2. The molecule has 0 aliphatic heterocycles. The number of hydrogen-bond acceptors (Lipinski definition) is 2. The molecule has 1 aromatic rings. The number of hydrogen-bond donors (Lipinski definition) is 0. The number of para-hydroxylation sites is 1. The zero-order valence-corrected chi connectivity index (χ0v) is 12.3. The molecule has 1 amide bonds. The third-order valence-electron chi connectivity index (χ3n) is 4.06. The zero-order valence-electron chi connectivity index (χ0n) is 12.3. The van der Waals surface area contributed by atoms with Crippen LogP contribution in [0.1, 0.15) is 30.9 Å². The highest BCUT2D eigenvalue weighted by molar-refractivity contribution is 5.78. The zero-order chi connectivity index (χ0) is 14.0. The summed E-state index contributed by atoms with van der Waals surface area (Å²) in [6, 6.07) is 6.34. The van der Waals surface area contributed by atoms with Crippen LogP contribution in [0.5, 0.6) is 5.75 Å². The number of likely N-dealkylation sites (N-methyl/N-ethyl adjacent to an activating group) is 1. The smallest absolute Gasteiger partial charge is 0.260 e. The number of rotatable bonds is 5. The highest BCUT2D eigenvalue weighted by Crippen LogP contribution is 2.34. The minimum Gasteiger partial charge on any atom is -0.483 e. The first-order valence-corrected chi connectivity index (χ1v) is 6.95. The van der Waals surface area contributed by atoms with Crippen LogP contribution in [0, 0.1) is 19.8 Å². The number of carbonyl (C=O) groups is 1. The van der Waals surface area contributed by atoms with Crippen LogP contribution in [-0.2, 0) is 4.79 Å². The molecule has 2 rings (SSSR count). The van der Waals surface area contributed by atoms with Crippen LogP contribution >= 0.6 is 0 Å². The van der Waals surface area contributed by atoms with Gasteiger partial charge in [0.15, 0.2) is 6.61 Å². The van der Waals surface area contributed by atoms with Crippen molar-refractivity contribution in [1.29, 1.82) is 0 Å². The number of carbonyl (C=O) groups excluding carboxylic acids is 1. The van der Waals surface area contributed by atoms with Gasteiger partial charge >= 0.3 is 0 Å². The van der Waals surface area contributed by atoms with Crippen molar-refractivity contribution in [3.05, 3.63) is 29.3 Å². The lowest BCUT2D eigenvalue weighted by Crippen LogP contribution is -2.39. The maximum atomic E-state index is 12.1. The standard InChI is InChI=1S/C16H23NO2/c1-11-6-5-7-12(2)16(11)19-10-15(18)17(4)13(3)14-8-9-14/h5-7,13-14H,8-10H2,1-4H3. The summed E-state index contributed by atoms with van der Waals surface area (Å²) in [5.41, 5.74) is 2.15. The number of benzene rings is 1. The number of aryl methyl sites for hydroxylation is 2.